The lowest BCUT2D eigenvalue weighted by Gasteiger charge is -2.28. The standard InChI is InChI=1S/C18H26N2O/c1-5-16-15-9-19-8-14(15)10-20(16)18(21)17-12(3)6-11(2)7-13(17)4/h6-7,14-16,19H,5,8-10H2,1-4H3. The second kappa shape index (κ2) is 5.45. The first-order valence-corrected chi connectivity index (χ1v) is 8.12. The largest absolute Gasteiger partial charge is 0.335 e. The molecule has 1 aromatic carbocycles. The number of nitrogens with zero attached hydrogens (tertiary/aromatic N) is 1. The molecule has 114 valence electrons. The van der Waals surface area contributed by atoms with Crippen molar-refractivity contribution in [3.05, 3.63) is 34.4 Å². The second-order valence-electron chi connectivity index (χ2n) is 6.79. The van der Waals surface area contributed by atoms with E-state index >= 15 is 0 Å². The molecular weight excluding hydrogens is 260 g/mol. The zero-order valence-corrected chi connectivity index (χ0v) is 13.6. The van der Waals surface area contributed by atoms with E-state index in [4.69, 9.17) is 0 Å². The van der Waals surface area contributed by atoms with Gasteiger partial charge >= 0.3 is 0 Å². The Hall–Kier alpha value is -1.35. The number of amides is 1. The van der Waals surface area contributed by atoms with E-state index in [1.807, 2.05) is 0 Å². The molecule has 1 amide bonds. The molecule has 1 aromatic rings. The van der Waals surface area contributed by atoms with Crippen molar-refractivity contribution in [2.45, 2.75) is 40.2 Å². The predicted octanol–water partition coefficient (Wildman–Crippen LogP) is 2.68. The first-order valence-electron chi connectivity index (χ1n) is 8.12. The molecule has 0 radical (unpaired) electrons. The fraction of sp³-hybridized carbons (Fsp3) is 0.611. The second-order valence-corrected chi connectivity index (χ2v) is 6.79. The maximum Gasteiger partial charge on any atom is 0.254 e. The van der Waals surface area contributed by atoms with Gasteiger partial charge in [-0.25, -0.2) is 0 Å². The molecule has 3 unspecified atom stereocenters. The Morgan fingerprint density at radius 2 is 1.90 bits per heavy atom. The van der Waals surface area contributed by atoms with Gasteiger partial charge in [0.2, 0.25) is 0 Å². The minimum absolute atomic E-state index is 0.242. The highest BCUT2D eigenvalue weighted by Gasteiger charge is 2.45. The van der Waals surface area contributed by atoms with E-state index in [9.17, 15) is 4.79 Å². The van der Waals surface area contributed by atoms with Crippen LogP contribution in [0.2, 0.25) is 0 Å². The summed E-state index contributed by atoms with van der Waals surface area (Å²) in [7, 11) is 0. The van der Waals surface area contributed by atoms with Crippen LogP contribution >= 0.6 is 0 Å². The number of likely N-dealkylation sites (tertiary alicyclic amines) is 1. The minimum Gasteiger partial charge on any atom is -0.335 e. The zero-order valence-electron chi connectivity index (χ0n) is 13.6. The summed E-state index contributed by atoms with van der Waals surface area (Å²) in [5.41, 5.74) is 4.38. The van der Waals surface area contributed by atoms with Crippen LogP contribution < -0.4 is 5.32 Å². The van der Waals surface area contributed by atoms with E-state index in [1.54, 1.807) is 0 Å². The van der Waals surface area contributed by atoms with E-state index in [-0.39, 0.29) is 5.91 Å². The van der Waals surface area contributed by atoms with Gasteiger partial charge in [-0.2, -0.15) is 0 Å². The fourth-order valence-corrected chi connectivity index (χ4v) is 4.44. The van der Waals surface area contributed by atoms with Crippen molar-refractivity contribution in [1.82, 2.24) is 10.2 Å². The van der Waals surface area contributed by atoms with Gasteiger partial charge in [-0.15, -0.1) is 0 Å². The van der Waals surface area contributed by atoms with Gasteiger partial charge in [-0.3, -0.25) is 4.79 Å². The van der Waals surface area contributed by atoms with Crippen LogP contribution in [-0.2, 0) is 0 Å². The average Bonchev–Trinajstić information content (AvgIpc) is 2.96. The van der Waals surface area contributed by atoms with Crippen molar-refractivity contribution in [3.8, 4) is 0 Å². The molecule has 2 aliphatic heterocycles. The molecule has 2 saturated heterocycles. The fourth-order valence-electron chi connectivity index (χ4n) is 4.44. The summed E-state index contributed by atoms with van der Waals surface area (Å²) in [6.07, 6.45) is 1.05. The number of aryl methyl sites for hydroxylation is 3. The smallest absolute Gasteiger partial charge is 0.254 e. The topological polar surface area (TPSA) is 32.3 Å². The molecule has 3 rings (SSSR count). The molecule has 3 heteroatoms. The molecule has 2 aliphatic rings. The molecular formula is C18H26N2O. The average molecular weight is 286 g/mol. The maximum absolute atomic E-state index is 13.1. The number of nitrogens with one attached hydrogen (secondary N) is 1. The van der Waals surface area contributed by atoms with Crippen LogP contribution in [0.4, 0.5) is 0 Å². The van der Waals surface area contributed by atoms with E-state index < -0.39 is 0 Å². The summed E-state index contributed by atoms with van der Waals surface area (Å²) in [6, 6.07) is 4.65. The predicted molar refractivity (Wildman–Crippen MR) is 85.6 cm³/mol. The first kappa shape index (κ1) is 14.6. The third kappa shape index (κ3) is 2.38. The molecule has 0 aromatic heterocycles. The van der Waals surface area contributed by atoms with Crippen molar-refractivity contribution in [2.75, 3.05) is 19.6 Å². The van der Waals surface area contributed by atoms with Crippen molar-refractivity contribution in [2.24, 2.45) is 11.8 Å². The van der Waals surface area contributed by atoms with Gasteiger partial charge in [0.05, 0.1) is 0 Å². The Labute approximate surface area is 127 Å². The molecule has 1 N–H and O–H groups in total. The third-order valence-corrected chi connectivity index (χ3v) is 5.29. The summed E-state index contributed by atoms with van der Waals surface area (Å²) in [5, 5.41) is 3.48. The van der Waals surface area contributed by atoms with Gasteiger partial charge < -0.3 is 10.2 Å². The van der Waals surface area contributed by atoms with E-state index in [2.05, 4.69) is 50.0 Å². The molecule has 0 saturated carbocycles. The van der Waals surface area contributed by atoms with Crippen LogP contribution in [0.25, 0.3) is 0 Å². The lowest BCUT2D eigenvalue weighted by atomic mass is 9.92. The van der Waals surface area contributed by atoms with Crippen molar-refractivity contribution < 1.29 is 4.79 Å². The lowest BCUT2D eigenvalue weighted by Crippen LogP contribution is -2.40. The summed E-state index contributed by atoms with van der Waals surface area (Å²) in [5.74, 6) is 1.53. The number of fused-ring (bicyclic) bond motifs is 1. The van der Waals surface area contributed by atoms with E-state index in [1.165, 1.54) is 5.56 Å². The molecule has 0 aliphatic carbocycles. The zero-order chi connectivity index (χ0) is 15.1. The first-order chi connectivity index (χ1) is 10.0. The normalized spacial score (nSPS) is 28.0. The van der Waals surface area contributed by atoms with Crippen LogP contribution in [0.5, 0.6) is 0 Å². The molecule has 2 heterocycles. The molecule has 3 nitrogen and oxygen atoms in total. The number of hydrogen-bond acceptors (Lipinski definition) is 2. The molecule has 3 atom stereocenters. The van der Waals surface area contributed by atoms with Crippen molar-refractivity contribution >= 4 is 5.91 Å². The number of carbonyl (C=O) groups is 1. The summed E-state index contributed by atoms with van der Waals surface area (Å²) in [6.45, 7) is 11.5. The Morgan fingerprint density at radius 1 is 1.24 bits per heavy atom. The monoisotopic (exact) mass is 286 g/mol. The SMILES string of the molecule is CCC1C2CNCC2CN1C(=O)c1c(C)cc(C)cc1C. The Kier molecular flexibility index (Phi) is 3.78. The summed E-state index contributed by atoms with van der Waals surface area (Å²) < 4.78 is 0. The quantitative estimate of drug-likeness (QED) is 0.906. The van der Waals surface area contributed by atoms with Crippen LogP contribution in [0.15, 0.2) is 12.1 Å². The van der Waals surface area contributed by atoms with Crippen LogP contribution in [0.1, 0.15) is 40.4 Å². The van der Waals surface area contributed by atoms with Crippen LogP contribution in [-0.4, -0.2) is 36.5 Å². The van der Waals surface area contributed by atoms with Gasteiger partial charge in [0, 0.05) is 31.2 Å². The van der Waals surface area contributed by atoms with E-state index in [0.717, 1.165) is 42.7 Å². The van der Waals surface area contributed by atoms with Gasteiger partial charge in [-0.05, 0) is 50.2 Å². The van der Waals surface area contributed by atoms with Gasteiger partial charge in [0.1, 0.15) is 0 Å². The van der Waals surface area contributed by atoms with Gasteiger partial charge in [0.15, 0.2) is 0 Å². The number of benzene rings is 1. The van der Waals surface area contributed by atoms with Crippen LogP contribution in [0, 0.1) is 32.6 Å². The Bertz CT molecular complexity index is 543. The highest BCUT2D eigenvalue weighted by Crippen LogP contribution is 2.35. The molecule has 2 fully saturated rings. The van der Waals surface area contributed by atoms with Gasteiger partial charge in [-0.1, -0.05) is 24.6 Å². The third-order valence-electron chi connectivity index (χ3n) is 5.29. The molecule has 21 heavy (non-hydrogen) atoms. The summed E-state index contributed by atoms with van der Waals surface area (Å²) in [4.78, 5) is 15.3. The highest BCUT2D eigenvalue weighted by molar-refractivity contribution is 5.97. The number of hydrogen-bond donors (Lipinski definition) is 1. The Balaban J connectivity index is 1.92. The minimum atomic E-state index is 0.242. The van der Waals surface area contributed by atoms with Crippen LogP contribution in [0.3, 0.4) is 0 Å². The Morgan fingerprint density at radius 3 is 2.52 bits per heavy atom. The summed E-state index contributed by atoms with van der Waals surface area (Å²) >= 11 is 0. The van der Waals surface area contributed by atoms with E-state index in [0.29, 0.717) is 17.9 Å². The van der Waals surface area contributed by atoms with Crippen molar-refractivity contribution in [3.63, 3.8) is 0 Å². The maximum atomic E-state index is 13.1. The molecule has 0 spiro atoms. The number of rotatable bonds is 2. The van der Waals surface area contributed by atoms with Crippen molar-refractivity contribution in [1.29, 1.82) is 0 Å². The van der Waals surface area contributed by atoms with Gasteiger partial charge in [0.25, 0.3) is 5.91 Å². The highest BCUT2D eigenvalue weighted by atomic mass is 16.2. The lowest BCUT2D eigenvalue weighted by molar-refractivity contribution is 0.0710. The number of carbonyl (C=O) groups excluding carboxylic acids is 1. The molecule has 0 bridgehead atoms.